The van der Waals surface area contributed by atoms with Gasteiger partial charge in [-0.05, 0) is 41.9 Å². The van der Waals surface area contributed by atoms with Crippen LogP contribution in [0.25, 0.3) is 0 Å². The predicted molar refractivity (Wildman–Crippen MR) is 136 cm³/mol. The van der Waals surface area contributed by atoms with Crippen LogP contribution < -0.4 is 4.90 Å². The second-order valence-corrected chi connectivity index (χ2v) is 10.5. The highest BCUT2D eigenvalue weighted by Gasteiger charge is 2.41. The van der Waals surface area contributed by atoms with Crippen molar-refractivity contribution in [2.75, 3.05) is 11.4 Å². The number of fused-ring (bicyclic) bond motifs is 5. The van der Waals surface area contributed by atoms with E-state index in [2.05, 4.69) is 61.3 Å². The number of benzene rings is 2. The van der Waals surface area contributed by atoms with Gasteiger partial charge in [0.25, 0.3) is 0 Å². The van der Waals surface area contributed by atoms with Crippen LogP contribution in [-0.4, -0.2) is 17.5 Å². The lowest BCUT2D eigenvalue weighted by atomic mass is 9.86. The third-order valence-corrected chi connectivity index (χ3v) is 8.10. The Morgan fingerprint density at radius 3 is 2.47 bits per heavy atom. The molecule has 2 heterocycles. The van der Waals surface area contributed by atoms with Gasteiger partial charge in [-0.3, -0.25) is 9.80 Å². The molecule has 3 atom stereocenters. The lowest BCUT2D eigenvalue weighted by molar-refractivity contribution is -0.119. The average molecular weight is 459 g/mol. The van der Waals surface area contributed by atoms with E-state index in [1.165, 1.54) is 49.7 Å². The fourth-order valence-corrected chi connectivity index (χ4v) is 5.91. The molecule has 1 fully saturated rings. The number of carbonyl (C=O) groups is 1. The van der Waals surface area contributed by atoms with Crippen LogP contribution in [0.2, 0.25) is 0 Å². The quantitative estimate of drug-likeness (QED) is 0.438. The highest BCUT2D eigenvalue weighted by Crippen LogP contribution is 2.48. The van der Waals surface area contributed by atoms with Gasteiger partial charge in [-0.1, -0.05) is 93.6 Å². The molecule has 0 aromatic heterocycles. The molecule has 0 radical (unpaired) electrons. The third kappa shape index (κ3) is 4.62. The van der Waals surface area contributed by atoms with Gasteiger partial charge < -0.3 is 4.90 Å². The molecule has 180 valence electrons. The maximum absolute atomic E-state index is 13.5. The number of para-hydroxylation sites is 1. The number of rotatable bonds is 5. The van der Waals surface area contributed by atoms with Crippen molar-refractivity contribution in [2.24, 2.45) is 22.2 Å². The number of hydrogen-bond acceptors (Lipinski definition) is 4. The Morgan fingerprint density at radius 1 is 1.00 bits per heavy atom. The molecule has 34 heavy (non-hydrogen) atoms. The van der Waals surface area contributed by atoms with E-state index in [1.54, 1.807) is 0 Å². The maximum Gasteiger partial charge on any atom is 0.227 e. The summed E-state index contributed by atoms with van der Waals surface area (Å²) in [5.41, 5.74) is 4.59. The largest absolute Gasteiger partial charge is 0.308 e. The first kappa shape index (κ1) is 23.1. The minimum Gasteiger partial charge on any atom is -0.308 e. The Balaban J connectivity index is 1.52. The molecule has 2 aromatic carbocycles. The molecule has 2 aliphatic heterocycles. The smallest absolute Gasteiger partial charge is 0.227 e. The van der Waals surface area contributed by atoms with Crippen LogP contribution in [0.15, 0.2) is 58.9 Å². The Morgan fingerprint density at radius 2 is 1.71 bits per heavy atom. The van der Waals surface area contributed by atoms with Crippen molar-refractivity contribution < 1.29 is 4.79 Å². The van der Waals surface area contributed by atoms with E-state index < -0.39 is 0 Å². The van der Waals surface area contributed by atoms with Crippen LogP contribution in [0.4, 0.5) is 5.69 Å². The van der Waals surface area contributed by atoms with Crippen molar-refractivity contribution in [2.45, 2.75) is 83.8 Å². The van der Waals surface area contributed by atoms with E-state index in [0.717, 1.165) is 24.2 Å². The molecule has 0 spiro atoms. The minimum absolute atomic E-state index is 0.0902. The van der Waals surface area contributed by atoms with E-state index in [0.29, 0.717) is 24.8 Å². The van der Waals surface area contributed by atoms with Crippen molar-refractivity contribution >= 4 is 11.6 Å². The summed E-state index contributed by atoms with van der Waals surface area (Å²) in [5.74, 6) is 1.25. The monoisotopic (exact) mass is 458 g/mol. The van der Waals surface area contributed by atoms with Crippen LogP contribution >= 0.6 is 0 Å². The summed E-state index contributed by atoms with van der Waals surface area (Å²) in [5, 5.41) is 11.9. The van der Waals surface area contributed by atoms with Gasteiger partial charge in [0, 0.05) is 24.2 Å². The molecule has 0 bridgehead atoms. The fraction of sp³-hybridized carbons (Fsp3) is 0.552. The normalized spacial score (nSPS) is 23.4. The maximum atomic E-state index is 13.5. The Kier molecular flexibility index (Phi) is 6.98. The minimum atomic E-state index is -0.0951. The van der Waals surface area contributed by atoms with E-state index >= 15 is 0 Å². The SMILES string of the molecule is CCC(C)CC(=O)N1Cc2ccccc2C2C(N=NN2CC2CCCCCC2)c2ccccc21. The Bertz CT molecular complexity index is 1030. The first-order valence-corrected chi connectivity index (χ1v) is 13.3. The number of hydrogen-bond donors (Lipinski definition) is 0. The van der Waals surface area contributed by atoms with Crippen LogP contribution in [-0.2, 0) is 11.3 Å². The van der Waals surface area contributed by atoms with Crippen molar-refractivity contribution in [3.05, 3.63) is 65.2 Å². The van der Waals surface area contributed by atoms with Crippen LogP contribution in [0.5, 0.6) is 0 Å². The van der Waals surface area contributed by atoms with Gasteiger partial charge in [0.2, 0.25) is 5.91 Å². The molecule has 5 heteroatoms. The molecule has 3 unspecified atom stereocenters. The summed E-state index contributed by atoms with van der Waals surface area (Å²) < 4.78 is 0. The fourth-order valence-electron chi connectivity index (χ4n) is 5.91. The van der Waals surface area contributed by atoms with Gasteiger partial charge in [0.1, 0.15) is 12.1 Å². The Labute approximate surface area is 204 Å². The molecule has 0 saturated heterocycles. The highest BCUT2D eigenvalue weighted by atomic mass is 16.2. The van der Waals surface area contributed by atoms with Crippen molar-refractivity contribution in [1.82, 2.24) is 5.01 Å². The highest BCUT2D eigenvalue weighted by molar-refractivity contribution is 5.94. The van der Waals surface area contributed by atoms with Crippen molar-refractivity contribution in [3.8, 4) is 0 Å². The van der Waals surface area contributed by atoms with Gasteiger partial charge in [0.15, 0.2) is 0 Å². The average Bonchev–Trinajstić information content (AvgIpc) is 3.07. The summed E-state index contributed by atoms with van der Waals surface area (Å²) in [6, 6.07) is 17.0. The summed E-state index contributed by atoms with van der Waals surface area (Å²) in [4.78, 5) is 15.5. The molecule has 2 aromatic rings. The molecule has 1 saturated carbocycles. The van der Waals surface area contributed by atoms with E-state index in [1.807, 2.05) is 11.0 Å². The van der Waals surface area contributed by atoms with Gasteiger partial charge in [-0.2, -0.15) is 5.11 Å². The second-order valence-electron chi connectivity index (χ2n) is 10.5. The first-order valence-electron chi connectivity index (χ1n) is 13.3. The van der Waals surface area contributed by atoms with Crippen LogP contribution in [0.1, 0.15) is 94.0 Å². The second kappa shape index (κ2) is 10.3. The first-order chi connectivity index (χ1) is 16.7. The van der Waals surface area contributed by atoms with Gasteiger partial charge >= 0.3 is 0 Å². The summed E-state index contributed by atoms with van der Waals surface area (Å²) in [7, 11) is 0. The van der Waals surface area contributed by atoms with Gasteiger partial charge in [0.05, 0.1) is 6.54 Å². The summed E-state index contributed by atoms with van der Waals surface area (Å²) >= 11 is 0. The zero-order valence-electron chi connectivity index (χ0n) is 20.7. The molecule has 5 rings (SSSR count). The van der Waals surface area contributed by atoms with Gasteiger partial charge in [-0.15, -0.1) is 0 Å². The molecule has 3 aliphatic rings. The number of nitrogens with zero attached hydrogens (tertiary/aromatic N) is 4. The topological polar surface area (TPSA) is 48.3 Å². The number of amides is 1. The molecular formula is C29H38N4O. The van der Waals surface area contributed by atoms with E-state index in [9.17, 15) is 4.79 Å². The zero-order chi connectivity index (χ0) is 23.5. The van der Waals surface area contributed by atoms with Crippen molar-refractivity contribution in [3.63, 3.8) is 0 Å². The number of anilines is 1. The molecular weight excluding hydrogens is 420 g/mol. The lowest BCUT2D eigenvalue weighted by Gasteiger charge is -2.36. The summed E-state index contributed by atoms with van der Waals surface area (Å²) in [6.07, 6.45) is 9.54. The standard InChI is InChI=1S/C29H38N4O/c1-3-21(2)18-27(34)32-20-23-14-8-9-15-24(23)29-28(25-16-10-11-17-26(25)32)30-31-33(29)19-22-12-6-4-5-7-13-22/h8-11,14-17,21-22,28-29H,3-7,12-13,18-20H2,1-2H3. The Hall–Kier alpha value is -2.69. The molecule has 5 nitrogen and oxygen atoms in total. The summed E-state index contributed by atoms with van der Waals surface area (Å²) in [6.45, 7) is 5.89. The zero-order valence-corrected chi connectivity index (χ0v) is 20.7. The molecule has 0 N–H and O–H groups in total. The molecule has 1 amide bonds. The lowest BCUT2D eigenvalue weighted by Crippen LogP contribution is -2.36. The molecule has 1 aliphatic carbocycles. The van der Waals surface area contributed by atoms with E-state index in [4.69, 9.17) is 10.3 Å². The predicted octanol–water partition coefficient (Wildman–Crippen LogP) is 7.41. The van der Waals surface area contributed by atoms with E-state index in [-0.39, 0.29) is 18.0 Å². The van der Waals surface area contributed by atoms with Crippen LogP contribution in [0.3, 0.4) is 0 Å². The third-order valence-electron chi connectivity index (χ3n) is 8.10. The van der Waals surface area contributed by atoms with Crippen molar-refractivity contribution in [1.29, 1.82) is 0 Å². The number of carbonyl (C=O) groups excluding carboxylic acids is 1. The van der Waals surface area contributed by atoms with Crippen LogP contribution in [0, 0.1) is 11.8 Å². The van der Waals surface area contributed by atoms with Gasteiger partial charge in [-0.25, -0.2) is 0 Å².